The van der Waals surface area contributed by atoms with Gasteiger partial charge < -0.3 is 20.9 Å². The molecule has 1 saturated carbocycles. The molecule has 4 nitrogen and oxygen atoms in total. The molecule has 1 aliphatic carbocycles. The molecular weight excluding hydrogens is 319 g/mol. The molecular formula is C11H23IN2O2. The molecule has 0 aromatic rings. The van der Waals surface area contributed by atoms with E-state index in [1.165, 1.54) is 0 Å². The van der Waals surface area contributed by atoms with Gasteiger partial charge in [0.25, 0.3) is 0 Å². The molecule has 0 bridgehead atoms. The van der Waals surface area contributed by atoms with E-state index in [1.807, 2.05) is 0 Å². The van der Waals surface area contributed by atoms with Crippen molar-refractivity contribution in [2.45, 2.75) is 34.8 Å². The third-order valence-corrected chi connectivity index (χ3v) is 5.20. The number of nitrogens with two attached hydrogens (primary N) is 2. The van der Waals surface area contributed by atoms with Gasteiger partial charge in [0.1, 0.15) is 0 Å². The van der Waals surface area contributed by atoms with Crippen molar-refractivity contribution >= 4 is 22.6 Å². The minimum atomic E-state index is -0.206. The van der Waals surface area contributed by atoms with E-state index in [-0.39, 0.29) is 11.5 Å². The molecule has 1 rings (SSSR count). The van der Waals surface area contributed by atoms with E-state index >= 15 is 0 Å². The zero-order valence-electron chi connectivity index (χ0n) is 10.1. The van der Waals surface area contributed by atoms with Gasteiger partial charge in [0, 0.05) is 35.6 Å². The van der Waals surface area contributed by atoms with Crippen molar-refractivity contribution in [2.24, 2.45) is 17.4 Å². The summed E-state index contributed by atoms with van der Waals surface area (Å²) in [6.07, 6.45) is 2.94. The summed E-state index contributed by atoms with van der Waals surface area (Å²) in [6, 6.07) is 0.296. The molecule has 4 N–H and O–H groups in total. The highest BCUT2D eigenvalue weighted by Crippen LogP contribution is 2.37. The van der Waals surface area contributed by atoms with E-state index in [0.717, 1.165) is 19.3 Å². The Bertz CT molecular complexity index is 212. The summed E-state index contributed by atoms with van der Waals surface area (Å²) in [5, 5.41) is 0. The van der Waals surface area contributed by atoms with Crippen LogP contribution in [0.5, 0.6) is 0 Å². The monoisotopic (exact) mass is 342 g/mol. The Hall–Kier alpha value is 0.570. The lowest BCUT2D eigenvalue weighted by atomic mass is 9.72. The quantitative estimate of drug-likeness (QED) is 0.576. The SMILES string of the molecule is COCC(COC)C1(N)CCC(N)CC1I. The third kappa shape index (κ3) is 3.29. The van der Waals surface area contributed by atoms with E-state index in [2.05, 4.69) is 22.6 Å². The number of ether oxygens (including phenoxy) is 2. The molecule has 0 amide bonds. The first-order valence-electron chi connectivity index (χ1n) is 5.71. The lowest BCUT2D eigenvalue weighted by molar-refractivity contribution is 0.0312. The largest absolute Gasteiger partial charge is 0.384 e. The highest BCUT2D eigenvalue weighted by Gasteiger charge is 2.44. The van der Waals surface area contributed by atoms with Crippen molar-refractivity contribution in [1.82, 2.24) is 0 Å². The molecule has 0 spiro atoms. The second-order valence-electron chi connectivity index (χ2n) is 4.72. The Labute approximate surface area is 112 Å². The van der Waals surface area contributed by atoms with Crippen LogP contribution in [0, 0.1) is 5.92 Å². The van der Waals surface area contributed by atoms with Crippen LogP contribution in [0.15, 0.2) is 0 Å². The number of halogens is 1. The molecule has 16 heavy (non-hydrogen) atoms. The highest BCUT2D eigenvalue weighted by molar-refractivity contribution is 14.1. The Balaban J connectivity index is 2.71. The number of alkyl halides is 1. The van der Waals surface area contributed by atoms with Gasteiger partial charge in [-0.3, -0.25) is 0 Å². The third-order valence-electron chi connectivity index (χ3n) is 3.54. The molecule has 0 aliphatic heterocycles. The second kappa shape index (κ2) is 6.49. The van der Waals surface area contributed by atoms with Crippen LogP contribution in [-0.2, 0) is 9.47 Å². The molecule has 0 radical (unpaired) electrons. The lowest BCUT2D eigenvalue weighted by Gasteiger charge is -2.45. The van der Waals surface area contributed by atoms with Gasteiger partial charge in [-0.15, -0.1) is 0 Å². The zero-order valence-corrected chi connectivity index (χ0v) is 12.3. The molecule has 1 fully saturated rings. The molecule has 1 aliphatic rings. The summed E-state index contributed by atoms with van der Waals surface area (Å²) in [4.78, 5) is 0. The molecule has 0 saturated heterocycles. The Morgan fingerprint density at radius 2 is 1.94 bits per heavy atom. The summed E-state index contributed by atoms with van der Waals surface area (Å²) in [6.45, 7) is 1.30. The van der Waals surface area contributed by atoms with Gasteiger partial charge in [-0.1, -0.05) is 22.6 Å². The zero-order chi connectivity index (χ0) is 12.2. The normalized spacial score (nSPS) is 35.6. The number of rotatable bonds is 5. The fourth-order valence-corrected chi connectivity index (χ4v) is 3.89. The molecule has 0 heterocycles. The first-order valence-corrected chi connectivity index (χ1v) is 6.95. The van der Waals surface area contributed by atoms with Crippen molar-refractivity contribution < 1.29 is 9.47 Å². The van der Waals surface area contributed by atoms with E-state index in [4.69, 9.17) is 20.9 Å². The summed E-state index contributed by atoms with van der Waals surface area (Å²) in [7, 11) is 3.42. The van der Waals surface area contributed by atoms with Crippen LogP contribution >= 0.6 is 22.6 Å². The predicted molar refractivity (Wildman–Crippen MR) is 73.8 cm³/mol. The maximum absolute atomic E-state index is 6.56. The Morgan fingerprint density at radius 1 is 1.38 bits per heavy atom. The van der Waals surface area contributed by atoms with Gasteiger partial charge in [0.05, 0.1) is 13.2 Å². The average Bonchev–Trinajstić information content (AvgIpc) is 2.24. The van der Waals surface area contributed by atoms with Gasteiger partial charge in [-0.2, -0.15) is 0 Å². The Kier molecular flexibility index (Phi) is 5.93. The molecule has 5 heteroatoms. The maximum atomic E-state index is 6.56. The van der Waals surface area contributed by atoms with Crippen molar-refractivity contribution in [3.8, 4) is 0 Å². The number of hydrogen-bond acceptors (Lipinski definition) is 4. The van der Waals surface area contributed by atoms with Crippen LogP contribution in [0.2, 0.25) is 0 Å². The van der Waals surface area contributed by atoms with Crippen molar-refractivity contribution in [2.75, 3.05) is 27.4 Å². The lowest BCUT2D eigenvalue weighted by Crippen LogP contribution is -2.60. The van der Waals surface area contributed by atoms with Crippen molar-refractivity contribution in [1.29, 1.82) is 0 Å². The van der Waals surface area contributed by atoms with E-state index < -0.39 is 0 Å². The van der Waals surface area contributed by atoms with Gasteiger partial charge in [-0.05, 0) is 19.3 Å². The van der Waals surface area contributed by atoms with Crippen LogP contribution in [0.1, 0.15) is 19.3 Å². The van der Waals surface area contributed by atoms with Gasteiger partial charge in [0.15, 0.2) is 0 Å². The van der Waals surface area contributed by atoms with E-state index in [0.29, 0.717) is 23.2 Å². The summed E-state index contributed by atoms with van der Waals surface area (Å²) in [5.41, 5.74) is 12.3. The predicted octanol–water partition coefficient (Wildman–Crippen LogP) is 0.908. The second-order valence-corrected chi connectivity index (χ2v) is 6.23. The minimum Gasteiger partial charge on any atom is -0.384 e. The molecule has 3 atom stereocenters. The minimum absolute atomic E-state index is 0.206. The van der Waals surface area contributed by atoms with Crippen LogP contribution in [0.3, 0.4) is 0 Å². The average molecular weight is 342 g/mol. The van der Waals surface area contributed by atoms with E-state index in [1.54, 1.807) is 14.2 Å². The van der Waals surface area contributed by atoms with Crippen LogP contribution in [-0.4, -0.2) is 42.9 Å². The highest BCUT2D eigenvalue weighted by atomic mass is 127. The summed E-state index contributed by atoms with van der Waals surface area (Å²) >= 11 is 2.43. The van der Waals surface area contributed by atoms with Crippen molar-refractivity contribution in [3.63, 3.8) is 0 Å². The molecule has 0 aromatic heterocycles. The van der Waals surface area contributed by atoms with Gasteiger partial charge in [-0.25, -0.2) is 0 Å². The summed E-state index contributed by atoms with van der Waals surface area (Å²) in [5.74, 6) is 0.247. The number of hydrogen-bond donors (Lipinski definition) is 2. The van der Waals surface area contributed by atoms with E-state index in [9.17, 15) is 0 Å². The standard InChI is InChI=1S/C11H23IN2O2/c1-15-6-8(7-16-2)11(14)4-3-9(13)5-10(11)12/h8-10H,3-7,13-14H2,1-2H3. The molecule has 3 unspecified atom stereocenters. The van der Waals surface area contributed by atoms with Crippen molar-refractivity contribution in [3.05, 3.63) is 0 Å². The number of methoxy groups -OCH3 is 2. The smallest absolute Gasteiger partial charge is 0.0530 e. The summed E-state index contributed by atoms with van der Waals surface area (Å²) < 4.78 is 10.9. The fraction of sp³-hybridized carbons (Fsp3) is 1.00. The van der Waals surface area contributed by atoms with Gasteiger partial charge in [0.2, 0.25) is 0 Å². The van der Waals surface area contributed by atoms with Gasteiger partial charge >= 0.3 is 0 Å². The maximum Gasteiger partial charge on any atom is 0.0530 e. The molecule has 0 aromatic carbocycles. The molecule has 96 valence electrons. The first kappa shape index (κ1) is 14.6. The first-order chi connectivity index (χ1) is 7.54. The van der Waals surface area contributed by atoms with Crippen LogP contribution in [0.4, 0.5) is 0 Å². The topological polar surface area (TPSA) is 70.5 Å². The van der Waals surface area contributed by atoms with Crippen LogP contribution < -0.4 is 11.5 Å². The fourth-order valence-electron chi connectivity index (χ4n) is 2.42. The van der Waals surface area contributed by atoms with Crippen LogP contribution in [0.25, 0.3) is 0 Å². The Morgan fingerprint density at radius 3 is 2.38 bits per heavy atom.